The average molecular weight is 204 g/mol. The highest BCUT2D eigenvalue weighted by Crippen LogP contribution is 2.39. The van der Waals surface area contributed by atoms with Gasteiger partial charge in [-0.05, 0) is 36.0 Å². The van der Waals surface area contributed by atoms with Crippen LogP contribution in [0.25, 0.3) is 0 Å². The second-order valence-electron chi connectivity index (χ2n) is 5.01. The Hall–Kier alpha value is -1.02. The van der Waals surface area contributed by atoms with Crippen molar-refractivity contribution in [3.63, 3.8) is 0 Å². The highest BCUT2D eigenvalue weighted by Gasteiger charge is 2.30. The quantitative estimate of drug-likeness (QED) is 0.740. The van der Waals surface area contributed by atoms with Crippen molar-refractivity contribution in [3.8, 4) is 0 Å². The maximum absolute atomic E-state index is 5.73. The summed E-state index contributed by atoms with van der Waals surface area (Å²) in [7, 11) is 0. The Morgan fingerprint density at radius 3 is 2.80 bits per heavy atom. The van der Waals surface area contributed by atoms with Crippen LogP contribution in [0.15, 0.2) is 24.3 Å². The molecule has 0 bridgehead atoms. The van der Waals surface area contributed by atoms with E-state index in [1.807, 2.05) is 18.2 Å². The molecule has 0 aromatic heterocycles. The molecule has 0 saturated heterocycles. The Bertz CT molecular complexity index is 329. The summed E-state index contributed by atoms with van der Waals surface area (Å²) in [4.78, 5) is 0. The summed E-state index contributed by atoms with van der Waals surface area (Å²) in [6, 6.07) is 8.09. The van der Waals surface area contributed by atoms with Gasteiger partial charge in [0.05, 0.1) is 0 Å². The molecule has 1 aromatic rings. The zero-order valence-corrected chi connectivity index (χ0v) is 9.42. The summed E-state index contributed by atoms with van der Waals surface area (Å²) in [5.41, 5.74) is 8.41. The lowest BCUT2D eigenvalue weighted by molar-refractivity contribution is 0.156. The molecule has 0 heterocycles. The van der Waals surface area contributed by atoms with E-state index in [4.69, 9.17) is 5.73 Å². The van der Waals surface area contributed by atoms with Crippen molar-refractivity contribution >= 4 is 5.69 Å². The monoisotopic (exact) mass is 204 g/mol. The van der Waals surface area contributed by atoms with Crippen molar-refractivity contribution in [2.24, 2.45) is 5.41 Å². The Labute approximate surface area is 91.9 Å². The Morgan fingerprint density at radius 1 is 1.40 bits per heavy atom. The average Bonchev–Trinajstić information content (AvgIpc) is 2.15. The molecule has 2 rings (SSSR count). The van der Waals surface area contributed by atoms with Crippen molar-refractivity contribution < 1.29 is 0 Å². The lowest BCUT2D eigenvalue weighted by Gasteiger charge is -2.38. The van der Waals surface area contributed by atoms with Gasteiger partial charge in [0.25, 0.3) is 0 Å². The lowest BCUT2D eigenvalue weighted by atomic mass is 9.70. The zero-order valence-electron chi connectivity index (χ0n) is 9.42. The Kier molecular flexibility index (Phi) is 2.96. The van der Waals surface area contributed by atoms with Crippen molar-refractivity contribution in [1.29, 1.82) is 0 Å². The van der Waals surface area contributed by atoms with Gasteiger partial charge in [-0.25, -0.2) is 0 Å². The number of hydrogen-bond donors (Lipinski definition) is 2. The molecular weight excluding hydrogens is 184 g/mol. The van der Waals surface area contributed by atoms with E-state index in [0.717, 1.165) is 18.8 Å². The summed E-state index contributed by atoms with van der Waals surface area (Å²) in [5.74, 6) is 0. The molecule has 1 aromatic carbocycles. The van der Waals surface area contributed by atoms with Crippen LogP contribution in [0.3, 0.4) is 0 Å². The molecule has 15 heavy (non-hydrogen) atoms. The standard InChI is InChI=1S/C13H20N2/c1-13(6-3-7-13)10-15-9-11-4-2-5-12(14)8-11/h2,4-5,8,15H,3,6-7,9-10,14H2,1H3. The predicted octanol–water partition coefficient (Wildman–Crippen LogP) is 2.55. The maximum Gasteiger partial charge on any atom is 0.0317 e. The van der Waals surface area contributed by atoms with Gasteiger partial charge in [-0.3, -0.25) is 0 Å². The third kappa shape index (κ3) is 2.72. The van der Waals surface area contributed by atoms with Crippen LogP contribution in [-0.2, 0) is 6.54 Å². The second-order valence-corrected chi connectivity index (χ2v) is 5.01. The van der Waals surface area contributed by atoms with Gasteiger partial charge < -0.3 is 11.1 Å². The fourth-order valence-electron chi connectivity index (χ4n) is 2.17. The summed E-state index contributed by atoms with van der Waals surface area (Å²) >= 11 is 0. The number of nitrogens with two attached hydrogens (primary N) is 1. The molecule has 0 aliphatic heterocycles. The topological polar surface area (TPSA) is 38.0 Å². The minimum Gasteiger partial charge on any atom is -0.399 e. The van der Waals surface area contributed by atoms with Crippen molar-refractivity contribution in [2.75, 3.05) is 12.3 Å². The van der Waals surface area contributed by atoms with Gasteiger partial charge in [-0.2, -0.15) is 0 Å². The fourth-order valence-corrected chi connectivity index (χ4v) is 2.17. The predicted molar refractivity (Wildman–Crippen MR) is 64.5 cm³/mol. The van der Waals surface area contributed by atoms with Crippen LogP contribution in [0, 0.1) is 5.41 Å². The third-order valence-corrected chi connectivity index (χ3v) is 3.39. The van der Waals surface area contributed by atoms with E-state index in [9.17, 15) is 0 Å². The summed E-state index contributed by atoms with van der Waals surface area (Å²) in [6.45, 7) is 4.42. The van der Waals surface area contributed by atoms with Gasteiger partial charge in [-0.1, -0.05) is 25.5 Å². The van der Waals surface area contributed by atoms with Gasteiger partial charge in [0.2, 0.25) is 0 Å². The SMILES string of the molecule is CC1(CNCc2cccc(N)c2)CCC1. The molecule has 1 aliphatic carbocycles. The van der Waals surface area contributed by atoms with Crippen LogP contribution in [0.2, 0.25) is 0 Å². The third-order valence-electron chi connectivity index (χ3n) is 3.39. The van der Waals surface area contributed by atoms with Gasteiger partial charge >= 0.3 is 0 Å². The van der Waals surface area contributed by atoms with Crippen LogP contribution in [0.5, 0.6) is 0 Å². The number of nitrogen functional groups attached to an aromatic ring is 1. The molecule has 2 heteroatoms. The first-order chi connectivity index (χ1) is 7.18. The Balaban J connectivity index is 1.78. The van der Waals surface area contributed by atoms with Crippen LogP contribution in [0.4, 0.5) is 5.69 Å². The molecule has 82 valence electrons. The van der Waals surface area contributed by atoms with E-state index in [1.54, 1.807) is 0 Å². The van der Waals surface area contributed by atoms with Crippen LogP contribution in [0.1, 0.15) is 31.7 Å². The number of hydrogen-bond acceptors (Lipinski definition) is 2. The van der Waals surface area contributed by atoms with Gasteiger partial charge in [-0.15, -0.1) is 0 Å². The van der Waals surface area contributed by atoms with E-state index in [-0.39, 0.29) is 0 Å². The fraction of sp³-hybridized carbons (Fsp3) is 0.538. The maximum atomic E-state index is 5.73. The number of anilines is 1. The first-order valence-corrected chi connectivity index (χ1v) is 5.73. The normalized spacial score (nSPS) is 18.5. The van der Waals surface area contributed by atoms with E-state index in [0.29, 0.717) is 5.41 Å². The second kappa shape index (κ2) is 4.23. The molecule has 1 aliphatic rings. The summed E-state index contributed by atoms with van der Waals surface area (Å²) in [5, 5.41) is 3.52. The highest BCUT2D eigenvalue weighted by molar-refractivity contribution is 5.40. The van der Waals surface area contributed by atoms with Crippen LogP contribution < -0.4 is 11.1 Å². The molecule has 3 N–H and O–H groups in total. The molecular formula is C13H20N2. The number of benzene rings is 1. The minimum atomic E-state index is 0.556. The summed E-state index contributed by atoms with van der Waals surface area (Å²) in [6.07, 6.45) is 4.14. The van der Waals surface area contributed by atoms with E-state index in [2.05, 4.69) is 18.3 Å². The summed E-state index contributed by atoms with van der Waals surface area (Å²) < 4.78 is 0. The van der Waals surface area contributed by atoms with Crippen molar-refractivity contribution in [3.05, 3.63) is 29.8 Å². The number of rotatable bonds is 4. The van der Waals surface area contributed by atoms with E-state index < -0.39 is 0 Å². The molecule has 0 unspecified atom stereocenters. The molecule has 1 fully saturated rings. The largest absolute Gasteiger partial charge is 0.399 e. The van der Waals surface area contributed by atoms with Crippen molar-refractivity contribution in [2.45, 2.75) is 32.7 Å². The zero-order chi connectivity index (χ0) is 10.7. The van der Waals surface area contributed by atoms with Gasteiger partial charge in [0, 0.05) is 18.8 Å². The minimum absolute atomic E-state index is 0.556. The Morgan fingerprint density at radius 2 is 2.20 bits per heavy atom. The van der Waals surface area contributed by atoms with Gasteiger partial charge in [0.15, 0.2) is 0 Å². The first-order valence-electron chi connectivity index (χ1n) is 5.73. The molecule has 0 amide bonds. The van der Waals surface area contributed by atoms with E-state index >= 15 is 0 Å². The lowest BCUT2D eigenvalue weighted by Crippen LogP contribution is -2.36. The highest BCUT2D eigenvalue weighted by atomic mass is 14.9. The van der Waals surface area contributed by atoms with Gasteiger partial charge in [0.1, 0.15) is 0 Å². The number of nitrogens with one attached hydrogen (secondary N) is 1. The molecule has 1 saturated carbocycles. The molecule has 0 radical (unpaired) electrons. The smallest absolute Gasteiger partial charge is 0.0317 e. The molecule has 0 spiro atoms. The van der Waals surface area contributed by atoms with Crippen LogP contribution in [-0.4, -0.2) is 6.54 Å². The van der Waals surface area contributed by atoms with Crippen LogP contribution >= 0.6 is 0 Å². The van der Waals surface area contributed by atoms with Crippen molar-refractivity contribution in [1.82, 2.24) is 5.32 Å². The van der Waals surface area contributed by atoms with E-state index in [1.165, 1.54) is 24.8 Å². The first kappa shape index (κ1) is 10.5. The molecule has 0 atom stereocenters. The molecule has 2 nitrogen and oxygen atoms in total.